The van der Waals surface area contributed by atoms with Crippen LogP contribution in [0, 0.1) is 15.9 Å². The van der Waals surface area contributed by atoms with Crippen LogP contribution in [-0.2, 0) is 6.54 Å². The zero-order valence-electron chi connectivity index (χ0n) is 10.1. The van der Waals surface area contributed by atoms with Crippen molar-refractivity contribution in [1.29, 1.82) is 0 Å². The summed E-state index contributed by atoms with van der Waals surface area (Å²) >= 11 is 11.4. The Morgan fingerprint density at radius 3 is 2.60 bits per heavy atom. The summed E-state index contributed by atoms with van der Waals surface area (Å²) in [6, 6.07) is 8.60. The third-order valence-electron chi connectivity index (χ3n) is 2.62. The molecule has 104 valence electrons. The molecule has 2 aromatic carbocycles. The summed E-state index contributed by atoms with van der Waals surface area (Å²) in [4.78, 5) is 10.4. The molecule has 0 fully saturated rings. The maximum Gasteiger partial charge on any atom is 0.293 e. The van der Waals surface area contributed by atoms with Crippen molar-refractivity contribution in [2.75, 3.05) is 5.32 Å². The van der Waals surface area contributed by atoms with E-state index in [2.05, 4.69) is 5.32 Å². The molecule has 0 amide bonds. The van der Waals surface area contributed by atoms with Crippen LogP contribution < -0.4 is 5.32 Å². The van der Waals surface area contributed by atoms with Gasteiger partial charge in [0.25, 0.3) is 5.69 Å². The fourth-order valence-electron chi connectivity index (χ4n) is 1.65. The Morgan fingerprint density at radius 1 is 1.20 bits per heavy atom. The molecule has 0 spiro atoms. The molecule has 2 rings (SSSR count). The number of hydrogen-bond donors (Lipinski definition) is 1. The number of rotatable bonds is 4. The van der Waals surface area contributed by atoms with E-state index >= 15 is 0 Å². The Balaban J connectivity index is 2.18. The van der Waals surface area contributed by atoms with E-state index in [9.17, 15) is 14.5 Å². The average molecular weight is 315 g/mol. The highest BCUT2D eigenvalue weighted by Crippen LogP contribution is 2.28. The highest BCUT2D eigenvalue weighted by Gasteiger charge is 2.14. The third kappa shape index (κ3) is 3.37. The van der Waals surface area contributed by atoms with Crippen molar-refractivity contribution in [1.82, 2.24) is 0 Å². The predicted molar refractivity (Wildman–Crippen MR) is 76.8 cm³/mol. The first-order chi connectivity index (χ1) is 9.47. The molecule has 0 bridgehead atoms. The Kier molecular flexibility index (Phi) is 4.42. The fraction of sp³-hybridized carbons (Fsp3) is 0.0769. The van der Waals surface area contributed by atoms with Gasteiger partial charge in [-0.1, -0.05) is 29.3 Å². The van der Waals surface area contributed by atoms with Gasteiger partial charge in [0.1, 0.15) is 11.5 Å². The van der Waals surface area contributed by atoms with Crippen LogP contribution in [0.3, 0.4) is 0 Å². The van der Waals surface area contributed by atoms with E-state index in [1.54, 1.807) is 12.1 Å². The number of benzene rings is 2. The minimum atomic E-state index is -0.522. The minimum Gasteiger partial charge on any atom is -0.375 e. The van der Waals surface area contributed by atoms with Gasteiger partial charge in [-0.3, -0.25) is 10.1 Å². The minimum absolute atomic E-state index is 0.00917. The standard InChI is InChI=1S/C13H9Cl2FN2O2/c14-9-2-4-12(13(6-9)18(19)20)17-7-8-1-3-11(16)10(15)5-8/h1-6,17H,7H2. The van der Waals surface area contributed by atoms with E-state index in [1.165, 1.54) is 24.3 Å². The summed E-state index contributed by atoms with van der Waals surface area (Å²) in [6.07, 6.45) is 0. The van der Waals surface area contributed by atoms with Crippen molar-refractivity contribution < 1.29 is 9.31 Å². The lowest BCUT2D eigenvalue weighted by atomic mass is 10.2. The molecule has 0 atom stereocenters. The molecule has 0 aliphatic carbocycles. The van der Waals surface area contributed by atoms with Crippen molar-refractivity contribution in [3.63, 3.8) is 0 Å². The summed E-state index contributed by atoms with van der Waals surface area (Å²) < 4.78 is 13.0. The van der Waals surface area contributed by atoms with Gasteiger partial charge in [-0.25, -0.2) is 4.39 Å². The van der Waals surface area contributed by atoms with Crippen LogP contribution in [-0.4, -0.2) is 4.92 Å². The average Bonchev–Trinajstić information content (AvgIpc) is 2.41. The molecule has 20 heavy (non-hydrogen) atoms. The lowest BCUT2D eigenvalue weighted by molar-refractivity contribution is -0.383. The fourth-order valence-corrected chi connectivity index (χ4v) is 2.02. The van der Waals surface area contributed by atoms with Gasteiger partial charge in [0.2, 0.25) is 0 Å². The molecular formula is C13H9Cl2FN2O2. The van der Waals surface area contributed by atoms with Gasteiger partial charge in [-0.2, -0.15) is 0 Å². The van der Waals surface area contributed by atoms with Gasteiger partial charge in [0.05, 0.1) is 9.95 Å². The zero-order valence-corrected chi connectivity index (χ0v) is 11.6. The normalized spacial score (nSPS) is 10.3. The van der Waals surface area contributed by atoms with Crippen LogP contribution >= 0.6 is 23.2 Å². The van der Waals surface area contributed by atoms with Gasteiger partial charge in [0.15, 0.2) is 0 Å². The number of anilines is 1. The molecule has 7 heteroatoms. The molecule has 0 saturated carbocycles. The lowest BCUT2D eigenvalue weighted by Gasteiger charge is -2.08. The van der Waals surface area contributed by atoms with Crippen LogP contribution in [0.15, 0.2) is 36.4 Å². The van der Waals surface area contributed by atoms with Crippen LogP contribution in [0.2, 0.25) is 10.0 Å². The summed E-state index contributed by atoms with van der Waals surface area (Å²) in [5.41, 5.74) is 0.922. The topological polar surface area (TPSA) is 55.2 Å². The Morgan fingerprint density at radius 2 is 1.95 bits per heavy atom. The summed E-state index contributed by atoms with van der Waals surface area (Å²) in [7, 11) is 0. The van der Waals surface area contributed by atoms with E-state index in [0.29, 0.717) is 11.3 Å². The monoisotopic (exact) mass is 314 g/mol. The predicted octanol–water partition coefficient (Wildman–Crippen LogP) is 4.65. The Bertz CT molecular complexity index is 665. The zero-order chi connectivity index (χ0) is 14.7. The van der Waals surface area contributed by atoms with Crippen molar-refractivity contribution >= 4 is 34.6 Å². The van der Waals surface area contributed by atoms with Crippen LogP contribution in [0.25, 0.3) is 0 Å². The first-order valence-electron chi connectivity index (χ1n) is 5.59. The molecule has 0 aliphatic rings. The van der Waals surface area contributed by atoms with Crippen molar-refractivity contribution in [2.45, 2.75) is 6.54 Å². The molecule has 0 saturated heterocycles. The molecule has 0 aromatic heterocycles. The van der Waals surface area contributed by atoms with Crippen LogP contribution in [0.4, 0.5) is 15.8 Å². The van der Waals surface area contributed by atoms with E-state index < -0.39 is 10.7 Å². The highest BCUT2D eigenvalue weighted by atomic mass is 35.5. The van der Waals surface area contributed by atoms with Crippen LogP contribution in [0.5, 0.6) is 0 Å². The van der Waals surface area contributed by atoms with E-state index in [4.69, 9.17) is 23.2 Å². The van der Waals surface area contributed by atoms with Gasteiger partial charge in [-0.15, -0.1) is 0 Å². The van der Waals surface area contributed by atoms with Gasteiger partial charge in [0, 0.05) is 17.6 Å². The first-order valence-corrected chi connectivity index (χ1v) is 6.34. The van der Waals surface area contributed by atoms with E-state index in [-0.39, 0.29) is 22.3 Å². The van der Waals surface area contributed by atoms with Gasteiger partial charge < -0.3 is 5.32 Å². The second kappa shape index (κ2) is 6.07. The third-order valence-corrected chi connectivity index (χ3v) is 3.15. The molecular weight excluding hydrogens is 306 g/mol. The largest absolute Gasteiger partial charge is 0.375 e. The quantitative estimate of drug-likeness (QED) is 0.660. The SMILES string of the molecule is O=[N+]([O-])c1cc(Cl)ccc1NCc1ccc(F)c(Cl)c1. The Labute approximate surface area is 124 Å². The van der Waals surface area contributed by atoms with Crippen molar-refractivity contribution in [3.05, 3.63) is 67.9 Å². The van der Waals surface area contributed by atoms with Gasteiger partial charge in [-0.05, 0) is 29.8 Å². The molecule has 0 aliphatic heterocycles. The maximum absolute atomic E-state index is 13.0. The summed E-state index contributed by atoms with van der Waals surface area (Å²) in [5.74, 6) is -0.507. The van der Waals surface area contributed by atoms with Crippen molar-refractivity contribution in [2.24, 2.45) is 0 Å². The number of nitrogens with zero attached hydrogens (tertiary/aromatic N) is 1. The molecule has 4 nitrogen and oxygen atoms in total. The van der Waals surface area contributed by atoms with Crippen LogP contribution in [0.1, 0.15) is 5.56 Å². The van der Waals surface area contributed by atoms with E-state index in [1.807, 2.05) is 0 Å². The van der Waals surface area contributed by atoms with Gasteiger partial charge >= 0.3 is 0 Å². The summed E-state index contributed by atoms with van der Waals surface area (Å²) in [5, 5.41) is 14.1. The number of hydrogen-bond acceptors (Lipinski definition) is 3. The molecule has 0 radical (unpaired) electrons. The molecule has 0 heterocycles. The molecule has 2 aromatic rings. The number of nitro benzene ring substituents is 1. The molecule has 1 N–H and O–H groups in total. The lowest BCUT2D eigenvalue weighted by Crippen LogP contribution is -2.02. The van der Waals surface area contributed by atoms with Crippen molar-refractivity contribution in [3.8, 4) is 0 Å². The molecule has 0 unspecified atom stereocenters. The number of halogens is 3. The Hall–Kier alpha value is -1.85. The summed E-state index contributed by atoms with van der Waals surface area (Å²) in [6.45, 7) is 0.280. The smallest absolute Gasteiger partial charge is 0.293 e. The second-order valence-corrected chi connectivity index (χ2v) is 4.86. The number of nitrogens with one attached hydrogen (secondary N) is 1. The maximum atomic E-state index is 13.0. The number of nitro groups is 1. The van der Waals surface area contributed by atoms with E-state index in [0.717, 1.165) is 0 Å². The highest BCUT2D eigenvalue weighted by molar-refractivity contribution is 6.31. The first kappa shape index (κ1) is 14.6. The second-order valence-electron chi connectivity index (χ2n) is 4.02.